The van der Waals surface area contributed by atoms with Crippen LogP contribution in [0.3, 0.4) is 0 Å². The van der Waals surface area contributed by atoms with Gasteiger partial charge in [0.15, 0.2) is 0 Å². The van der Waals surface area contributed by atoms with Gasteiger partial charge in [-0.3, -0.25) is 0 Å². The van der Waals surface area contributed by atoms with Crippen molar-refractivity contribution in [3.8, 4) is 0 Å². The molecule has 0 unspecified atom stereocenters. The minimum absolute atomic E-state index is 0.0620. The summed E-state index contributed by atoms with van der Waals surface area (Å²) in [7, 11) is 0. The zero-order chi connectivity index (χ0) is 9.64. The van der Waals surface area contributed by atoms with Crippen molar-refractivity contribution in [2.45, 2.75) is 31.7 Å². The van der Waals surface area contributed by atoms with Gasteiger partial charge in [-0.1, -0.05) is 5.21 Å². The summed E-state index contributed by atoms with van der Waals surface area (Å²) in [5.41, 5.74) is -1.35. The van der Waals surface area contributed by atoms with E-state index in [0.717, 1.165) is 0 Å². The van der Waals surface area contributed by atoms with Crippen molar-refractivity contribution in [2.75, 3.05) is 0 Å². The predicted molar refractivity (Wildman–Crippen MR) is 37.9 cm³/mol. The molecule has 0 bridgehead atoms. The molecule has 1 aromatic rings. The molecule has 0 spiro atoms. The van der Waals surface area contributed by atoms with Crippen molar-refractivity contribution in [3.05, 3.63) is 11.6 Å². The summed E-state index contributed by atoms with van der Waals surface area (Å²) in [6.07, 6.45) is -2.04. The zero-order valence-electron chi connectivity index (χ0n) is 6.97. The van der Waals surface area contributed by atoms with Crippen LogP contribution in [0.2, 0.25) is 0 Å². The molecule has 1 saturated carbocycles. The SMILES string of the molecule is Cc1nnn(C2(C(F)F)CC2)c1F. The van der Waals surface area contributed by atoms with E-state index in [1.54, 1.807) is 0 Å². The van der Waals surface area contributed by atoms with E-state index < -0.39 is 17.9 Å². The van der Waals surface area contributed by atoms with Crippen LogP contribution in [-0.4, -0.2) is 21.4 Å². The molecule has 1 fully saturated rings. The van der Waals surface area contributed by atoms with Crippen LogP contribution in [0, 0.1) is 12.9 Å². The van der Waals surface area contributed by atoms with Gasteiger partial charge in [-0.05, 0) is 19.8 Å². The van der Waals surface area contributed by atoms with Gasteiger partial charge in [0.2, 0.25) is 5.95 Å². The number of alkyl halides is 2. The Morgan fingerprint density at radius 3 is 2.38 bits per heavy atom. The van der Waals surface area contributed by atoms with Gasteiger partial charge in [-0.2, -0.15) is 4.39 Å². The fourth-order valence-electron chi connectivity index (χ4n) is 1.28. The van der Waals surface area contributed by atoms with Crippen LogP contribution in [0.4, 0.5) is 13.2 Å². The Morgan fingerprint density at radius 2 is 2.08 bits per heavy atom. The first-order valence-corrected chi connectivity index (χ1v) is 3.94. The van der Waals surface area contributed by atoms with Gasteiger partial charge in [0.25, 0.3) is 6.43 Å². The van der Waals surface area contributed by atoms with Gasteiger partial charge in [0.1, 0.15) is 11.2 Å². The Labute approximate surface area is 72.5 Å². The minimum atomic E-state index is -2.58. The van der Waals surface area contributed by atoms with E-state index in [0.29, 0.717) is 4.68 Å². The summed E-state index contributed by atoms with van der Waals surface area (Å²) in [5, 5.41) is 6.79. The maximum Gasteiger partial charge on any atom is 0.263 e. The molecule has 0 saturated heterocycles. The Balaban J connectivity index is 2.41. The van der Waals surface area contributed by atoms with E-state index in [2.05, 4.69) is 10.3 Å². The van der Waals surface area contributed by atoms with Crippen LogP contribution in [0.25, 0.3) is 0 Å². The van der Waals surface area contributed by atoms with Crippen molar-refractivity contribution in [3.63, 3.8) is 0 Å². The predicted octanol–water partition coefficient (Wildman–Crippen LogP) is 1.48. The normalized spacial score (nSPS) is 19.5. The lowest BCUT2D eigenvalue weighted by Crippen LogP contribution is -2.28. The van der Waals surface area contributed by atoms with Gasteiger partial charge in [0, 0.05) is 0 Å². The molecule has 0 aliphatic heterocycles. The third kappa shape index (κ3) is 1.04. The lowest BCUT2D eigenvalue weighted by molar-refractivity contribution is 0.0524. The monoisotopic (exact) mass is 191 g/mol. The number of halogens is 3. The highest BCUT2D eigenvalue weighted by Crippen LogP contribution is 2.48. The molecule has 2 rings (SSSR count). The molecule has 0 amide bonds. The molecule has 72 valence electrons. The van der Waals surface area contributed by atoms with E-state index in [4.69, 9.17) is 0 Å². The van der Waals surface area contributed by atoms with Crippen molar-refractivity contribution in [2.24, 2.45) is 0 Å². The summed E-state index contributed by atoms with van der Waals surface area (Å²) < 4.78 is 38.9. The molecule has 1 heterocycles. The van der Waals surface area contributed by atoms with Gasteiger partial charge in [-0.15, -0.1) is 5.10 Å². The number of hydrogen-bond acceptors (Lipinski definition) is 2. The van der Waals surface area contributed by atoms with Crippen LogP contribution in [0.5, 0.6) is 0 Å². The van der Waals surface area contributed by atoms with Crippen molar-refractivity contribution < 1.29 is 13.2 Å². The average Bonchev–Trinajstić information content (AvgIpc) is 2.80. The molecule has 3 nitrogen and oxygen atoms in total. The molecular formula is C7H8F3N3. The highest BCUT2D eigenvalue weighted by molar-refractivity contribution is 5.05. The van der Waals surface area contributed by atoms with Gasteiger partial charge >= 0.3 is 0 Å². The molecule has 0 N–H and O–H groups in total. The van der Waals surface area contributed by atoms with Gasteiger partial charge < -0.3 is 0 Å². The first-order valence-electron chi connectivity index (χ1n) is 3.94. The van der Waals surface area contributed by atoms with Crippen LogP contribution in [0.1, 0.15) is 18.5 Å². The smallest absolute Gasteiger partial charge is 0.208 e. The topological polar surface area (TPSA) is 30.7 Å². The van der Waals surface area contributed by atoms with Crippen LogP contribution in [-0.2, 0) is 5.54 Å². The molecule has 1 aliphatic rings. The van der Waals surface area contributed by atoms with Crippen LogP contribution in [0.15, 0.2) is 0 Å². The van der Waals surface area contributed by atoms with Crippen molar-refractivity contribution in [1.82, 2.24) is 15.0 Å². The second-order valence-electron chi connectivity index (χ2n) is 3.28. The van der Waals surface area contributed by atoms with E-state index in [1.807, 2.05) is 0 Å². The summed E-state index contributed by atoms with van der Waals surface area (Å²) >= 11 is 0. The van der Waals surface area contributed by atoms with E-state index >= 15 is 0 Å². The maximum atomic E-state index is 13.2. The third-order valence-electron chi connectivity index (χ3n) is 2.36. The van der Waals surface area contributed by atoms with E-state index in [1.165, 1.54) is 6.92 Å². The molecule has 1 aromatic heterocycles. The summed E-state index contributed by atoms with van der Waals surface area (Å²) in [6, 6.07) is 0. The fraction of sp³-hybridized carbons (Fsp3) is 0.714. The van der Waals surface area contributed by atoms with Gasteiger partial charge in [-0.25, -0.2) is 13.5 Å². The molecule has 0 atom stereocenters. The van der Waals surface area contributed by atoms with E-state index in [9.17, 15) is 13.2 Å². The quantitative estimate of drug-likeness (QED) is 0.708. The second kappa shape index (κ2) is 2.46. The van der Waals surface area contributed by atoms with Crippen molar-refractivity contribution in [1.29, 1.82) is 0 Å². The summed E-state index contributed by atoms with van der Waals surface area (Å²) in [5.74, 6) is -0.752. The molecule has 0 aromatic carbocycles. The van der Waals surface area contributed by atoms with Crippen LogP contribution >= 0.6 is 0 Å². The Morgan fingerprint density at radius 1 is 1.46 bits per heavy atom. The van der Waals surface area contributed by atoms with Gasteiger partial charge in [0.05, 0.1) is 0 Å². The number of aromatic nitrogens is 3. The Hall–Kier alpha value is -1.07. The molecule has 1 aliphatic carbocycles. The highest BCUT2D eigenvalue weighted by atomic mass is 19.3. The zero-order valence-corrected chi connectivity index (χ0v) is 6.97. The molecule has 13 heavy (non-hydrogen) atoms. The number of hydrogen-bond donors (Lipinski definition) is 0. The van der Waals surface area contributed by atoms with E-state index in [-0.39, 0.29) is 18.5 Å². The molecule has 6 heteroatoms. The Kier molecular flexibility index (Phi) is 1.61. The number of aryl methyl sites for hydroxylation is 1. The first kappa shape index (κ1) is 8.52. The number of rotatable bonds is 2. The standard InChI is InChI=1S/C7H8F3N3/c1-4-5(8)13(12-11-4)7(2-3-7)6(9)10/h6H,2-3H2,1H3. The summed E-state index contributed by atoms with van der Waals surface area (Å²) in [4.78, 5) is 0. The third-order valence-corrected chi connectivity index (χ3v) is 2.36. The Bertz CT molecular complexity index is 330. The minimum Gasteiger partial charge on any atom is -0.208 e. The average molecular weight is 191 g/mol. The fourth-order valence-corrected chi connectivity index (χ4v) is 1.28. The molecule has 0 radical (unpaired) electrons. The molecular weight excluding hydrogens is 183 g/mol. The lowest BCUT2D eigenvalue weighted by atomic mass is 10.3. The largest absolute Gasteiger partial charge is 0.263 e. The van der Waals surface area contributed by atoms with Crippen LogP contribution < -0.4 is 0 Å². The number of nitrogens with zero attached hydrogens (tertiary/aromatic N) is 3. The summed E-state index contributed by atoms with van der Waals surface area (Å²) in [6.45, 7) is 1.40. The van der Waals surface area contributed by atoms with Crippen molar-refractivity contribution >= 4 is 0 Å². The first-order chi connectivity index (χ1) is 6.08. The maximum absolute atomic E-state index is 13.2. The second-order valence-corrected chi connectivity index (χ2v) is 3.28. The highest BCUT2D eigenvalue weighted by Gasteiger charge is 2.55. The lowest BCUT2D eigenvalue weighted by Gasteiger charge is -2.13.